The second kappa shape index (κ2) is 6.77. The van der Waals surface area contributed by atoms with Crippen molar-refractivity contribution < 1.29 is 31.5 Å². The number of benzene rings is 1. The average molecular weight is 347 g/mol. The van der Waals surface area contributed by atoms with Gasteiger partial charge in [0, 0.05) is 6.07 Å². The Labute approximate surface area is 132 Å². The molecule has 2 aromatic rings. The van der Waals surface area contributed by atoms with Crippen LogP contribution in [0.15, 0.2) is 30.3 Å². The van der Waals surface area contributed by atoms with Crippen LogP contribution in [0.3, 0.4) is 0 Å². The molecule has 0 saturated carbocycles. The highest BCUT2D eigenvalue weighted by molar-refractivity contribution is 5.92. The largest absolute Gasteiger partial charge is 0.480 e. The number of alkyl halides is 3. The number of methoxy groups -OCH3 is 1. The van der Waals surface area contributed by atoms with Gasteiger partial charge in [0.15, 0.2) is 11.7 Å². The normalized spacial score (nSPS) is 12.6. The first-order chi connectivity index (χ1) is 11.2. The van der Waals surface area contributed by atoms with Crippen molar-refractivity contribution in [3.63, 3.8) is 0 Å². The van der Waals surface area contributed by atoms with Crippen molar-refractivity contribution in [1.29, 1.82) is 0 Å². The molecule has 0 fully saturated rings. The number of aromatic nitrogens is 2. The lowest BCUT2D eigenvalue weighted by atomic mass is 10.0. The molecule has 0 bridgehead atoms. The predicted molar refractivity (Wildman–Crippen MR) is 71.2 cm³/mol. The number of hydrogen-bond donors (Lipinski definition) is 1. The van der Waals surface area contributed by atoms with Crippen LogP contribution in [0, 0.1) is 11.6 Å². The Morgan fingerprint density at radius 3 is 2.21 bits per heavy atom. The predicted octanol–water partition coefficient (Wildman–Crippen LogP) is 2.80. The van der Waals surface area contributed by atoms with Crippen LogP contribution in [-0.2, 0) is 0 Å². The Bertz CT molecular complexity index is 714. The van der Waals surface area contributed by atoms with E-state index in [0.717, 1.165) is 12.1 Å². The third-order valence-corrected chi connectivity index (χ3v) is 2.97. The Balaban J connectivity index is 2.34. The Morgan fingerprint density at radius 2 is 1.75 bits per heavy atom. The van der Waals surface area contributed by atoms with Crippen LogP contribution >= 0.6 is 0 Å². The first-order valence-electron chi connectivity index (χ1n) is 6.43. The monoisotopic (exact) mass is 347 g/mol. The highest BCUT2D eigenvalue weighted by Gasteiger charge is 2.45. The second-order valence-corrected chi connectivity index (χ2v) is 4.54. The molecule has 0 radical (unpaired) electrons. The van der Waals surface area contributed by atoms with E-state index in [4.69, 9.17) is 4.74 Å². The van der Waals surface area contributed by atoms with Crippen molar-refractivity contribution in [3.8, 4) is 5.88 Å². The number of nitrogens with zero attached hydrogens (tertiary/aromatic N) is 2. The minimum absolute atomic E-state index is 0.0408. The standard InChI is InChI=1S/C14H10F5N3O2/c1-24-10-6-5-9(21-22-10)13(23)20-12(14(17,18)19)11-7(15)3-2-4-8(11)16/h2-6,12H,1H3,(H,20,23). The zero-order valence-corrected chi connectivity index (χ0v) is 12.1. The highest BCUT2D eigenvalue weighted by atomic mass is 19.4. The Hall–Kier alpha value is -2.78. The van der Waals surface area contributed by atoms with E-state index in [1.54, 1.807) is 0 Å². The van der Waals surface area contributed by atoms with Crippen LogP contribution < -0.4 is 10.1 Å². The summed E-state index contributed by atoms with van der Waals surface area (Å²) in [5, 5.41) is 8.34. The zero-order valence-electron chi connectivity index (χ0n) is 12.1. The molecule has 1 aromatic heterocycles. The number of carbonyl (C=O) groups is 1. The van der Waals surface area contributed by atoms with Crippen molar-refractivity contribution >= 4 is 5.91 Å². The molecule has 0 spiro atoms. The molecule has 0 aliphatic rings. The van der Waals surface area contributed by atoms with Gasteiger partial charge in [-0.2, -0.15) is 13.2 Å². The molecule has 0 aliphatic carbocycles. The number of halogens is 5. The van der Waals surface area contributed by atoms with Crippen molar-refractivity contribution in [3.05, 3.63) is 53.2 Å². The zero-order chi connectivity index (χ0) is 17.9. The molecular formula is C14H10F5N3O2. The first kappa shape index (κ1) is 17.6. The fraction of sp³-hybridized carbons (Fsp3) is 0.214. The van der Waals surface area contributed by atoms with Gasteiger partial charge in [-0.25, -0.2) is 8.78 Å². The van der Waals surface area contributed by atoms with Gasteiger partial charge in [-0.1, -0.05) is 6.07 Å². The maximum Gasteiger partial charge on any atom is 0.413 e. The lowest BCUT2D eigenvalue weighted by molar-refractivity contribution is -0.156. The molecule has 0 saturated heterocycles. The van der Waals surface area contributed by atoms with Crippen molar-refractivity contribution in [2.24, 2.45) is 0 Å². The fourth-order valence-electron chi connectivity index (χ4n) is 1.86. The van der Waals surface area contributed by atoms with E-state index >= 15 is 0 Å². The molecule has 1 atom stereocenters. The van der Waals surface area contributed by atoms with Crippen molar-refractivity contribution in [1.82, 2.24) is 15.5 Å². The van der Waals surface area contributed by atoms with E-state index < -0.39 is 41.0 Å². The van der Waals surface area contributed by atoms with Crippen LogP contribution in [0.1, 0.15) is 22.1 Å². The lowest BCUT2D eigenvalue weighted by Crippen LogP contribution is -2.39. The molecule has 1 amide bonds. The maximum atomic E-state index is 13.6. The number of hydrogen-bond acceptors (Lipinski definition) is 4. The van der Waals surface area contributed by atoms with Crippen LogP contribution in [0.5, 0.6) is 5.88 Å². The van der Waals surface area contributed by atoms with Crippen LogP contribution in [0.4, 0.5) is 22.0 Å². The van der Waals surface area contributed by atoms with Crippen LogP contribution in [0.25, 0.3) is 0 Å². The van der Waals surface area contributed by atoms with E-state index in [0.29, 0.717) is 12.1 Å². The molecule has 128 valence electrons. The second-order valence-electron chi connectivity index (χ2n) is 4.54. The summed E-state index contributed by atoms with van der Waals surface area (Å²) < 4.78 is 71.5. The van der Waals surface area contributed by atoms with E-state index in [1.165, 1.54) is 18.5 Å². The van der Waals surface area contributed by atoms with Gasteiger partial charge in [-0.15, -0.1) is 10.2 Å². The fourth-order valence-corrected chi connectivity index (χ4v) is 1.86. The summed E-state index contributed by atoms with van der Waals surface area (Å²) in [5.41, 5.74) is -1.78. The summed E-state index contributed by atoms with van der Waals surface area (Å²) >= 11 is 0. The van der Waals surface area contributed by atoms with E-state index in [9.17, 15) is 26.7 Å². The third-order valence-electron chi connectivity index (χ3n) is 2.97. The lowest BCUT2D eigenvalue weighted by Gasteiger charge is -2.22. The molecule has 0 aliphatic heterocycles. The molecule has 2 rings (SSSR count). The van der Waals surface area contributed by atoms with Gasteiger partial charge in [0.05, 0.1) is 12.7 Å². The molecule has 24 heavy (non-hydrogen) atoms. The van der Waals surface area contributed by atoms with Crippen molar-refractivity contribution in [2.45, 2.75) is 12.2 Å². The Morgan fingerprint density at radius 1 is 1.12 bits per heavy atom. The van der Waals surface area contributed by atoms with E-state index in [2.05, 4.69) is 10.2 Å². The van der Waals surface area contributed by atoms with Crippen LogP contribution in [0.2, 0.25) is 0 Å². The minimum Gasteiger partial charge on any atom is -0.480 e. The number of rotatable bonds is 4. The number of amides is 1. The van der Waals surface area contributed by atoms with Gasteiger partial charge < -0.3 is 10.1 Å². The number of nitrogens with one attached hydrogen (secondary N) is 1. The smallest absolute Gasteiger partial charge is 0.413 e. The number of carbonyl (C=O) groups excluding carboxylic acids is 1. The summed E-state index contributed by atoms with van der Waals surface area (Å²) in [5.74, 6) is -4.12. The molecule has 1 heterocycles. The summed E-state index contributed by atoms with van der Waals surface area (Å²) in [6.45, 7) is 0. The summed E-state index contributed by atoms with van der Waals surface area (Å²) in [7, 11) is 1.28. The van der Waals surface area contributed by atoms with E-state index in [-0.39, 0.29) is 5.88 Å². The molecule has 5 nitrogen and oxygen atoms in total. The minimum atomic E-state index is -5.13. The average Bonchev–Trinajstić information content (AvgIpc) is 2.52. The van der Waals surface area contributed by atoms with Gasteiger partial charge in [0.1, 0.15) is 11.6 Å². The molecule has 1 aromatic carbocycles. The molecule has 1 unspecified atom stereocenters. The molecule has 10 heteroatoms. The van der Waals surface area contributed by atoms with Gasteiger partial charge in [-0.3, -0.25) is 4.79 Å². The summed E-state index contributed by atoms with van der Waals surface area (Å²) in [4.78, 5) is 11.9. The third kappa shape index (κ3) is 3.76. The van der Waals surface area contributed by atoms with E-state index in [1.807, 2.05) is 0 Å². The highest BCUT2D eigenvalue weighted by Crippen LogP contribution is 2.35. The molecule has 1 N–H and O–H groups in total. The quantitative estimate of drug-likeness (QED) is 0.864. The van der Waals surface area contributed by atoms with Crippen LogP contribution in [-0.4, -0.2) is 29.4 Å². The van der Waals surface area contributed by atoms with Gasteiger partial charge in [0.2, 0.25) is 5.88 Å². The maximum absolute atomic E-state index is 13.6. The van der Waals surface area contributed by atoms with Crippen molar-refractivity contribution in [2.75, 3.05) is 7.11 Å². The SMILES string of the molecule is COc1ccc(C(=O)NC(c2c(F)cccc2F)C(F)(F)F)nn1. The Kier molecular flexibility index (Phi) is 4.96. The number of ether oxygens (including phenoxy) is 1. The van der Waals surface area contributed by atoms with Gasteiger partial charge in [-0.05, 0) is 18.2 Å². The van der Waals surface area contributed by atoms with Gasteiger partial charge >= 0.3 is 6.18 Å². The van der Waals surface area contributed by atoms with Gasteiger partial charge in [0.25, 0.3) is 5.91 Å². The summed E-state index contributed by atoms with van der Waals surface area (Å²) in [6, 6.07) is 1.63. The molecular weight excluding hydrogens is 337 g/mol. The topological polar surface area (TPSA) is 64.1 Å². The summed E-state index contributed by atoms with van der Waals surface area (Å²) in [6.07, 6.45) is -5.13. The first-order valence-corrected chi connectivity index (χ1v) is 6.43.